The molecule has 0 radical (unpaired) electrons. The van der Waals surface area contributed by atoms with Crippen LogP contribution in [-0.4, -0.2) is 28.8 Å². The molecule has 126 valence electrons. The number of nitrogens with zero attached hydrogens (tertiary/aromatic N) is 1. The molecule has 24 heavy (non-hydrogen) atoms. The van der Waals surface area contributed by atoms with Crippen LogP contribution in [0, 0.1) is 5.82 Å². The first-order chi connectivity index (χ1) is 11.6. The summed E-state index contributed by atoms with van der Waals surface area (Å²) < 4.78 is 13.1. The lowest BCUT2D eigenvalue weighted by Gasteiger charge is -2.25. The maximum Gasteiger partial charge on any atom is 0.170 e. The molecule has 1 fully saturated rings. The number of fused-ring (bicyclic) bond motifs is 1. The summed E-state index contributed by atoms with van der Waals surface area (Å²) in [5.74, 6) is 0.190. The lowest BCUT2D eigenvalue weighted by Crippen LogP contribution is -2.39. The number of aliphatic hydroxyl groups excluding tert-OH is 1. The number of hydrogen-bond donors (Lipinski definition) is 2. The first-order valence-electron chi connectivity index (χ1n) is 8.67. The Balaban J connectivity index is 1.57. The van der Waals surface area contributed by atoms with Gasteiger partial charge in [-0.1, -0.05) is 25.0 Å². The van der Waals surface area contributed by atoms with Crippen LogP contribution in [0.2, 0.25) is 0 Å². The second-order valence-electron chi connectivity index (χ2n) is 6.98. The molecular formula is C19H21FN2O2. The fourth-order valence-electron chi connectivity index (χ4n) is 4.08. The van der Waals surface area contributed by atoms with E-state index < -0.39 is 0 Å². The van der Waals surface area contributed by atoms with Crippen LogP contribution in [0.1, 0.15) is 50.0 Å². The van der Waals surface area contributed by atoms with Crippen molar-refractivity contribution in [3.63, 3.8) is 0 Å². The molecule has 3 aliphatic rings. The van der Waals surface area contributed by atoms with Gasteiger partial charge in [-0.2, -0.15) is 0 Å². The van der Waals surface area contributed by atoms with Crippen LogP contribution in [0.25, 0.3) is 0 Å². The van der Waals surface area contributed by atoms with Gasteiger partial charge < -0.3 is 10.4 Å². The Kier molecular flexibility index (Phi) is 3.87. The lowest BCUT2D eigenvalue weighted by atomic mass is 9.82. The molecule has 0 amide bonds. The van der Waals surface area contributed by atoms with Crippen molar-refractivity contribution in [3.8, 4) is 0 Å². The Morgan fingerprint density at radius 3 is 2.58 bits per heavy atom. The van der Waals surface area contributed by atoms with Gasteiger partial charge in [0.1, 0.15) is 17.4 Å². The highest BCUT2D eigenvalue weighted by Crippen LogP contribution is 2.35. The van der Waals surface area contributed by atoms with Crippen molar-refractivity contribution in [2.75, 3.05) is 0 Å². The zero-order valence-electron chi connectivity index (χ0n) is 13.5. The summed E-state index contributed by atoms with van der Waals surface area (Å²) in [6.07, 6.45) is 5.18. The predicted molar refractivity (Wildman–Crippen MR) is 89.7 cm³/mol. The molecule has 3 atom stereocenters. The number of benzene rings is 1. The number of nitrogens with one attached hydrogen (secondary N) is 1. The molecule has 4 nitrogen and oxygen atoms in total. The van der Waals surface area contributed by atoms with Crippen LogP contribution in [0.3, 0.4) is 0 Å². The molecule has 3 unspecified atom stereocenters. The second-order valence-corrected chi connectivity index (χ2v) is 6.98. The van der Waals surface area contributed by atoms with Gasteiger partial charge in [-0.3, -0.25) is 9.79 Å². The number of halogens is 1. The van der Waals surface area contributed by atoms with Gasteiger partial charge in [0, 0.05) is 18.9 Å². The number of rotatable bonds is 2. The number of hydrogen-bond acceptors (Lipinski definition) is 4. The summed E-state index contributed by atoms with van der Waals surface area (Å²) >= 11 is 0. The molecule has 5 heteroatoms. The minimum atomic E-state index is -0.298. The van der Waals surface area contributed by atoms with Gasteiger partial charge >= 0.3 is 0 Å². The van der Waals surface area contributed by atoms with Gasteiger partial charge in [0.05, 0.1) is 11.6 Å². The zero-order valence-corrected chi connectivity index (χ0v) is 13.5. The molecule has 0 saturated heterocycles. The highest BCUT2D eigenvalue weighted by molar-refractivity contribution is 6.23. The molecule has 2 aliphatic carbocycles. The van der Waals surface area contributed by atoms with E-state index in [-0.39, 0.29) is 29.3 Å². The summed E-state index contributed by atoms with van der Waals surface area (Å²) in [4.78, 5) is 17.3. The van der Waals surface area contributed by atoms with Gasteiger partial charge in [-0.05, 0) is 36.5 Å². The topological polar surface area (TPSA) is 61.7 Å². The maximum absolute atomic E-state index is 13.1. The van der Waals surface area contributed by atoms with Crippen LogP contribution in [0.4, 0.5) is 4.39 Å². The zero-order chi connectivity index (χ0) is 16.7. The van der Waals surface area contributed by atoms with Crippen LogP contribution < -0.4 is 5.32 Å². The van der Waals surface area contributed by atoms with E-state index in [1.165, 1.54) is 25.0 Å². The number of carbonyl (C=O) groups is 1. The van der Waals surface area contributed by atoms with E-state index in [1.54, 1.807) is 12.1 Å². The average molecular weight is 328 g/mol. The minimum absolute atomic E-state index is 0.0852. The van der Waals surface area contributed by atoms with Gasteiger partial charge in [-0.25, -0.2) is 4.39 Å². The number of aliphatic imine (C=N–C) groups is 1. The van der Waals surface area contributed by atoms with Gasteiger partial charge in [-0.15, -0.1) is 0 Å². The molecule has 0 bridgehead atoms. The highest BCUT2D eigenvalue weighted by atomic mass is 19.1. The highest BCUT2D eigenvalue weighted by Gasteiger charge is 2.37. The summed E-state index contributed by atoms with van der Waals surface area (Å²) in [7, 11) is 0. The first-order valence-corrected chi connectivity index (χ1v) is 8.67. The van der Waals surface area contributed by atoms with Crippen molar-refractivity contribution in [3.05, 3.63) is 47.0 Å². The van der Waals surface area contributed by atoms with E-state index in [1.807, 2.05) is 0 Å². The largest absolute Gasteiger partial charge is 0.511 e. The average Bonchev–Trinajstić information content (AvgIpc) is 2.98. The molecule has 1 aromatic rings. The molecule has 4 rings (SSSR count). The van der Waals surface area contributed by atoms with Crippen molar-refractivity contribution in [2.45, 2.75) is 56.5 Å². The molecule has 1 aliphatic heterocycles. The molecule has 1 aromatic carbocycles. The Morgan fingerprint density at radius 1 is 1.12 bits per heavy atom. The van der Waals surface area contributed by atoms with Crippen molar-refractivity contribution >= 4 is 11.6 Å². The number of carbonyl (C=O) groups excluding carboxylic acids is 1. The van der Waals surface area contributed by atoms with E-state index >= 15 is 0 Å². The molecule has 1 saturated carbocycles. The van der Waals surface area contributed by atoms with Gasteiger partial charge in [0.15, 0.2) is 5.78 Å². The van der Waals surface area contributed by atoms with Crippen LogP contribution in [-0.2, 0) is 4.79 Å². The predicted octanol–water partition coefficient (Wildman–Crippen LogP) is 3.40. The smallest absolute Gasteiger partial charge is 0.170 e. The number of Topliss-reactive ketones (excluding diaryl/α,β-unsaturated/α-hetero) is 1. The molecule has 0 aromatic heterocycles. The monoisotopic (exact) mass is 328 g/mol. The van der Waals surface area contributed by atoms with Gasteiger partial charge in [0.2, 0.25) is 0 Å². The minimum Gasteiger partial charge on any atom is -0.511 e. The van der Waals surface area contributed by atoms with Crippen molar-refractivity contribution in [2.24, 2.45) is 4.99 Å². The fraction of sp³-hybridized carbons (Fsp3) is 0.474. The number of aliphatic hydroxyl groups is 1. The Hall–Kier alpha value is -2.17. The third kappa shape index (κ3) is 2.72. The van der Waals surface area contributed by atoms with Crippen LogP contribution in [0.15, 0.2) is 40.6 Å². The molecule has 0 spiro atoms. The van der Waals surface area contributed by atoms with Crippen LogP contribution >= 0.6 is 0 Å². The summed E-state index contributed by atoms with van der Waals surface area (Å²) in [6, 6.07) is 6.69. The normalized spacial score (nSPS) is 30.0. The van der Waals surface area contributed by atoms with Crippen molar-refractivity contribution in [1.29, 1.82) is 0 Å². The Labute approximate surface area is 140 Å². The van der Waals surface area contributed by atoms with E-state index in [2.05, 4.69) is 10.3 Å². The summed E-state index contributed by atoms with van der Waals surface area (Å²) in [5, 5.41) is 13.8. The number of amidine groups is 1. The third-order valence-electron chi connectivity index (χ3n) is 5.36. The Bertz CT molecular complexity index is 723. The Morgan fingerprint density at radius 2 is 1.88 bits per heavy atom. The molecule has 1 heterocycles. The van der Waals surface area contributed by atoms with Gasteiger partial charge in [0.25, 0.3) is 0 Å². The molecule has 2 N–H and O–H groups in total. The first kappa shape index (κ1) is 15.4. The lowest BCUT2D eigenvalue weighted by molar-refractivity contribution is -0.116. The second kappa shape index (κ2) is 6.04. The number of allylic oxidation sites excluding steroid dienone is 1. The fourth-order valence-corrected chi connectivity index (χ4v) is 4.08. The van der Waals surface area contributed by atoms with E-state index in [4.69, 9.17) is 0 Å². The van der Waals surface area contributed by atoms with Crippen LogP contribution in [0.5, 0.6) is 0 Å². The SMILES string of the molecule is O=C1CC(c2ccc(F)cc2)CC(O)=C1C1=NC2CCCCC2N1. The van der Waals surface area contributed by atoms with E-state index in [0.29, 0.717) is 30.3 Å². The quantitative estimate of drug-likeness (QED) is 0.875. The molecular weight excluding hydrogens is 307 g/mol. The third-order valence-corrected chi connectivity index (χ3v) is 5.36. The van der Waals surface area contributed by atoms with Crippen molar-refractivity contribution in [1.82, 2.24) is 5.32 Å². The maximum atomic E-state index is 13.1. The summed E-state index contributed by atoms with van der Waals surface area (Å²) in [6.45, 7) is 0. The standard InChI is InChI=1S/C19H21FN2O2/c20-13-7-5-11(6-8-13)12-9-16(23)18(17(24)10-12)19-21-14-3-1-2-4-15(14)22-19/h5-8,12,14-15,23H,1-4,9-10H2,(H,21,22). The van der Waals surface area contributed by atoms with Crippen molar-refractivity contribution < 1.29 is 14.3 Å². The number of ketones is 1. The van der Waals surface area contributed by atoms with E-state index in [9.17, 15) is 14.3 Å². The summed E-state index contributed by atoms with van der Waals surface area (Å²) in [5.41, 5.74) is 1.24. The van der Waals surface area contributed by atoms with E-state index in [0.717, 1.165) is 18.4 Å².